The molecule has 9 heteroatoms. The Labute approximate surface area is 153 Å². The van der Waals surface area contributed by atoms with Crippen molar-refractivity contribution >= 4 is 39.1 Å². The van der Waals surface area contributed by atoms with Gasteiger partial charge in [-0.2, -0.15) is 13.2 Å². The second-order valence-electron chi connectivity index (χ2n) is 5.58. The molecule has 1 fully saturated rings. The van der Waals surface area contributed by atoms with Crippen molar-refractivity contribution in [2.75, 3.05) is 0 Å². The van der Waals surface area contributed by atoms with E-state index in [-0.39, 0.29) is 5.56 Å². The van der Waals surface area contributed by atoms with Crippen molar-refractivity contribution in [3.63, 3.8) is 0 Å². The van der Waals surface area contributed by atoms with Gasteiger partial charge in [0.25, 0.3) is 5.91 Å². The Hall–Kier alpha value is -1.87. The number of carbonyl (C=O) groups excluding carboxylic acids is 2. The number of thiophene rings is 1. The van der Waals surface area contributed by atoms with E-state index >= 15 is 0 Å². The van der Waals surface area contributed by atoms with Gasteiger partial charge in [-0.05, 0) is 52.0 Å². The molecule has 1 heterocycles. The van der Waals surface area contributed by atoms with Crippen LogP contribution in [-0.2, 0) is 11.0 Å². The summed E-state index contributed by atoms with van der Waals surface area (Å²) in [7, 11) is 0. The molecule has 0 aliphatic heterocycles. The zero-order valence-corrected chi connectivity index (χ0v) is 15.0. The van der Waals surface area contributed by atoms with E-state index in [0.717, 1.165) is 9.85 Å². The zero-order chi connectivity index (χ0) is 18.2. The van der Waals surface area contributed by atoms with Gasteiger partial charge in [-0.25, -0.2) is 0 Å². The molecule has 1 aliphatic rings. The van der Waals surface area contributed by atoms with Gasteiger partial charge in [0, 0.05) is 5.92 Å². The van der Waals surface area contributed by atoms with E-state index in [1.165, 1.54) is 29.5 Å². The fourth-order valence-electron chi connectivity index (χ4n) is 2.62. The van der Waals surface area contributed by atoms with Gasteiger partial charge < -0.3 is 0 Å². The third-order valence-corrected chi connectivity index (χ3v) is 5.51. The zero-order valence-electron chi connectivity index (χ0n) is 12.6. The normalized spacial score (nSPS) is 19.4. The Kier molecular flexibility index (Phi) is 4.88. The van der Waals surface area contributed by atoms with Crippen LogP contribution in [0, 0.1) is 5.92 Å². The van der Waals surface area contributed by atoms with Gasteiger partial charge in [0.1, 0.15) is 0 Å². The predicted molar refractivity (Wildman–Crippen MR) is 89.9 cm³/mol. The van der Waals surface area contributed by atoms with Gasteiger partial charge in [-0.1, -0.05) is 18.2 Å². The number of hydrazine groups is 1. The van der Waals surface area contributed by atoms with Crippen LogP contribution < -0.4 is 10.9 Å². The number of rotatable bonds is 3. The Balaban J connectivity index is 1.61. The van der Waals surface area contributed by atoms with Gasteiger partial charge in [-0.15, -0.1) is 11.3 Å². The van der Waals surface area contributed by atoms with E-state index in [2.05, 4.69) is 26.8 Å². The summed E-state index contributed by atoms with van der Waals surface area (Å²) in [6, 6.07) is 8.54. The number of nitrogens with one attached hydrogen (secondary N) is 2. The highest BCUT2D eigenvalue weighted by molar-refractivity contribution is 9.11. The summed E-state index contributed by atoms with van der Waals surface area (Å²) in [5.41, 5.74) is 3.96. The minimum absolute atomic E-state index is 0.115. The fraction of sp³-hybridized carbons (Fsp3) is 0.250. The second kappa shape index (κ2) is 6.80. The molecular formula is C16H12BrF3N2O2S. The Morgan fingerprint density at radius 3 is 2.48 bits per heavy atom. The van der Waals surface area contributed by atoms with Crippen molar-refractivity contribution in [1.82, 2.24) is 10.9 Å². The standard InChI is InChI=1S/C16H12BrF3N2O2S/c17-13-6-5-12(25-13)15(24)22-21-14(23)10-7-9(10)8-3-1-2-4-11(8)16(18,19)20/h1-6,9-10H,7H2,(H,21,23)(H,22,24). The van der Waals surface area contributed by atoms with Crippen molar-refractivity contribution in [3.05, 3.63) is 56.2 Å². The van der Waals surface area contributed by atoms with Gasteiger partial charge >= 0.3 is 6.18 Å². The lowest BCUT2D eigenvalue weighted by atomic mass is 10.0. The minimum Gasteiger partial charge on any atom is -0.273 e. The maximum atomic E-state index is 13.0. The highest BCUT2D eigenvalue weighted by Gasteiger charge is 2.47. The molecule has 2 atom stereocenters. The molecule has 0 bridgehead atoms. The molecule has 1 aromatic carbocycles. The Morgan fingerprint density at radius 2 is 1.84 bits per heavy atom. The third-order valence-electron chi connectivity index (χ3n) is 3.89. The molecule has 0 radical (unpaired) electrons. The molecule has 4 nitrogen and oxygen atoms in total. The quantitative estimate of drug-likeness (QED) is 0.717. The van der Waals surface area contributed by atoms with E-state index < -0.39 is 35.4 Å². The molecule has 25 heavy (non-hydrogen) atoms. The molecule has 1 aliphatic carbocycles. The van der Waals surface area contributed by atoms with Crippen LogP contribution in [0.25, 0.3) is 0 Å². The average molecular weight is 433 g/mol. The summed E-state index contributed by atoms with van der Waals surface area (Å²) in [5.74, 6) is -2.05. The Bertz CT molecular complexity index is 822. The minimum atomic E-state index is -4.46. The molecule has 1 saturated carbocycles. The summed E-state index contributed by atoms with van der Waals surface area (Å²) in [6.07, 6.45) is -4.14. The fourth-order valence-corrected chi connectivity index (χ4v) is 3.90. The monoisotopic (exact) mass is 432 g/mol. The lowest BCUT2D eigenvalue weighted by Crippen LogP contribution is -2.42. The lowest BCUT2D eigenvalue weighted by molar-refractivity contribution is -0.138. The number of amides is 2. The highest BCUT2D eigenvalue weighted by atomic mass is 79.9. The number of hydrogen-bond donors (Lipinski definition) is 2. The van der Waals surface area contributed by atoms with E-state index in [9.17, 15) is 22.8 Å². The first kappa shape index (κ1) is 17.9. The van der Waals surface area contributed by atoms with Crippen LogP contribution >= 0.6 is 27.3 Å². The van der Waals surface area contributed by atoms with Gasteiger partial charge in [-0.3, -0.25) is 20.4 Å². The van der Waals surface area contributed by atoms with Crippen molar-refractivity contribution in [2.24, 2.45) is 5.92 Å². The maximum absolute atomic E-state index is 13.0. The number of hydrogen-bond acceptors (Lipinski definition) is 3. The summed E-state index contributed by atoms with van der Waals surface area (Å²) in [4.78, 5) is 24.3. The van der Waals surface area contributed by atoms with Gasteiger partial charge in [0.15, 0.2) is 0 Å². The van der Waals surface area contributed by atoms with Crippen LogP contribution in [0.1, 0.15) is 33.1 Å². The summed E-state index contributed by atoms with van der Waals surface area (Å²) in [6.45, 7) is 0. The maximum Gasteiger partial charge on any atom is 0.416 e. The molecular weight excluding hydrogens is 421 g/mol. The van der Waals surface area contributed by atoms with Crippen LogP contribution in [0.2, 0.25) is 0 Å². The number of alkyl halides is 3. The van der Waals surface area contributed by atoms with Crippen molar-refractivity contribution in [1.29, 1.82) is 0 Å². The first-order valence-electron chi connectivity index (χ1n) is 7.29. The molecule has 0 spiro atoms. The molecule has 2 aromatic rings. The smallest absolute Gasteiger partial charge is 0.273 e. The van der Waals surface area contributed by atoms with Crippen LogP contribution in [0.5, 0.6) is 0 Å². The molecule has 132 valence electrons. The van der Waals surface area contributed by atoms with Crippen molar-refractivity contribution < 1.29 is 22.8 Å². The van der Waals surface area contributed by atoms with Crippen LogP contribution in [-0.4, -0.2) is 11.8 Å². The predicted octanol–water partition coefficient (Wildman–Crippen LogP) is 4.09. The van der Waals surface area contributed by atoms with Gasteiger partial charge in [0.05, 0.1) is 14.2 Å². The van der Waals surface area contributed by atoms with Crippen molar-refractivity contribution in [3.8, 4) is 0 Å². The SMILES string of the molecule is O=C(NNC(=O)C1CC1c1ccccc1C(F)(F)F)c1ccc(Br)s1. The lowest BCUT2D eigenvalue weighted by Gasteiger charge is -2.12. The topological polar surface area (TPSA) is 58.2 Å². The first-order valence-corrected chi connectivity index (χ1v) is 8.90. The number of carbonyl (C=O) groups is 2. The van der Waals surface area contributed by atoms with Crippen LogP contribution in [0.4, 0.5) is 13.2 Å². The average Bonchev–Trinajstić information content (AvgIpc) is 3.25. The van der Waals surface area contributed by atoms with Crippen molar-refractivity contribution in [2.45, 2.75) is 18.5 Å². The van der Waals surface area contributed by atoms with E-state index in [1.54, 1.807) is 12.1 Å². The summed E-state index contributed by atoms with van der Waals surface area (Å²) >= 11 is 4.43. The number of halogens is 4. The van der Waals surface area contributed by atoms with Crippen LogP contribution in [0.3, 0.4) is 0 Å². The van der Waals surface area contributed by atoms with Crippen LogP contribution in [0.15, 0.2) is 40.2 Å². The first-order chi connectivity index (χ1) is 11.8. The van der Waals surface area contributed by atoms with E-state index in [1.807, 2.05) is 0 Å². The molecule has 3 rings (SSSR count). The third kappa shape index (κ3) is 4.04. The molecule has 0 saturated heterocycles. The molecule has 2 N–H and O–H groups in total. The number of benzene rings is 1. The summed E-state index contributed by atoms with van der Waals surface area (Å²) < 4.78 is 39.9. The van der Waals surface area contributed by atoms with Gasteiger partial charge in [0.2, 0.25) is 5.91 Å². The Morgan fingerprint density at radius 1 is 1.12 bits per heavy atom. The van der Waals surface area contributed by atoms with E-state index in [4.69, 9.17) is 0 Å². The second-order valence-corrected chi connectivity index (χ2v) is 8.04. The highest BCUT2D eigenvalue weighted by Crippen LogP contribution is 2.50. The summed E-state index contributed by atoms with van der Waals surface area (Å²) in [5, 5.41) is 0. The largest absolute Gasteiger partial charge is 0.416 e. The molecule has 1 aromatic heterocycles. The molecule has 2 unspecified atom stereocenters. The molecule has 2 amide bonds. The van der Waals surface area contributed by atoms with E-state index in [0.29, 0.717) is 11.3 Å².